The maximum Gasteiger partial charge on any atom is 0.174 e. The number of hydrogen-bond donors (Lipinski definition) is 1. The van der Waals surface area contributed by atoms with E-state index >= 15 is 0 Å². The highest BCUT2D eigenvalue weighted by molar-refractivity contribution is 7.80. The van der Waals surface area contributed by atoms with Crippen molar-refractivity contribution in [3.63, 3.8) is 0 Å². The molecule has 35 heavy (non-hydrogen) atoms. The van der Waals surface area contributed by atoms with Crippen molar-refractivity contribution in [3.05, 3.63) is 106 Å². The normalized spacial score (nSPS) is 17.5. The Morgan fingerprint density at radius 2 is 1.83 bits per heavy atom. The maximum atomic E-state index is 6.39. The Bertz CT molecular complexity index is 1400. The molecule has 1 saturated heterocycles. The molecule has 0 bridgehead atoms. The molecule has 1 aliphatic heterocycles. The molecule has 5 nitrogen and oxygen atoms in total. The van der Waals surface area contributed by atoms with Gasteiger partial charge in [-0.25, -0.2) is 0 Å². The van der Waals surface area contributed by atoms with Crippen molar-refractivity contribution in [2.75, 3.05) is 12.0 Å². The molecule has 7 heteroatoms. The summed E-state index contributed by atoms with van der Waals surface area (Å²) in [7, 11) is 1.68. The van der Waals surface area contributed by atoms with Gasteiger partial charge in [0.1, 0.15) is 5.75 Å². The first-order valence-corrected chi connectivity index (χ1v) is 12.3. The van der Waals surface area contributed by atoms with Crippen molar-refractivity contribution >= 4 is 34.6 Å². The van der Waals surface area contributed by atoms with E-state index in [2.05, 4.69) is 58.7 Å². The lowest BCUT2D eigenvalue weighted by molar-refractivity contribution is 0.415. The summed E-state index contributed by atoms with van der Waals surface area (Å²) in [6.07, 6.45) is 1.82. The van der Waals surface area contributed by atoms with Crippen LogP contribution in [0.15, 0.2) is 72.9 Å². The minimum absolute atomic E-state index is 0.107. The van der Waals surface area contributed by atoms with Crippen LogP contribution < -0.4 is 15.0 Å². The predicted octanol–water partition coefficient (Wildman–Crippen LogP) is 6.64. The van der Waals surface area contributed by atoms with Crippen LogP contribution >= 0.6 is 23.8 Å². The Kier molecular flexibility index (Phi) is 6.26. The van der Waals surface area contributed by atoms with Gasteiger partial charge >= 0.3 is 0 Å². The van der Waals surface area contributed by atoms with Crippen LogP contribution in [0, 0.1) is 20.8 Å². The van der Waals surface area contributed by atoms with Crippen LogP contribution in [0.2, 0.25) is 5.02 Å². The third kappa shape index (κ3) is 4.17. The number of aryl methyl sites for hydroxylation is 2. The minimum atomic E-state index is -0.121. The molecule has 4 aromatic rings. The topological polar surface area (TPSA) is 42.3 Å². The van der Waals surface area contributed by atoms with Crippen molar-refractivity contribution in [3.8, 4) is 11.4 Å². The van der Waals surface area contributed by atoms with E-state index in [1.807, 2.05) is 54.7 Å². The molecule has 0 amide bonds. The van der Waals surface area contributed by atoms with Gasteiger partial charge in [0, 0.05) is 40.0 Å². The lowest BCUT2D eigenvalue weighted by Crippen LogP contribution is -2.29. The van der Waals surface area contributed by atoms with Crippen molar-refractivity contribution < 1.29 is 4.74 Å². The van der Waals surface area contributed by atoms with Crippen LogP contribution in [0.5, 0.6) is 5.75 Å². The molecule has 0 unspecified atom stereocenters. The quantitative estimate of drug-likeness (QED) is 0.310. The van der Waals surface area contributed by atoms with Crippen LogP contribution in [0.4, 0.5) is 5.69 Å². The largest absolute Gasteiger partial charge is 0.497 e. The summed E-state index contributed by atoms with van der Waals surface area (Å²) in [6.45, 7) is 6.39. The van der Waals surface area contributed by atoms with Crippen molar-refractivity contribution in [2.45, 2.75) is 32.9 Å². The summed E-state index contributed by atoms with van der Waals surface area (Å²) in [5.74, 6) is 0.783. The fourth-order valence-electron chi connectivity index (χ4n) is 4.99. The first kappa shape index (κ1) is 23.4. The van der Waals surface area contributed by atoms with Crippen LogP contribution in [0.25, 0.3) is 5.69 Å². The van der Waals surface area contributed by atoms with Gasteiger partial charge in [0.2, 0.25) is 0 Å². The predicted molar refractivity (Wildman–Crippen MR) is 146 cm³/mol. The van der Waals surface area contributed by atoms with E-state index in [0.29, 0.717) is 10.1 Å². The van der Waals surface area contributed by atoms with Gasteiger partial charge in [0.25, 0.3) is 0 Å². The number of aromatic nitrogens is 2. The van der Waals surface area contributed by atoms with Crippen LogP contribution in [0.3, 0.4) is 0 Å². The molecule has 1 N–H and O–H groups in total. The Hall–Kier alpha value is -3.35. The highest BCUT2D eigenvalue weighted by Crippen LogP contribution is 2.44. The zero-order valence-electron chi connectivity index (χ0n) is 20.1. The van der Waals surface area contributed by atoms with E-state index in [0.717, 1.165) is 39.8 Å². The number of ether oxygens (including phenoxy) is 1. The molecule has 0 saturated carbocycles. The number of nitrogens with zero attached hydrogens (tertiary/aromatic N) is 3. The second kappa shape index (κ2) is 9.36. The summed E-state index contributed by atoms with van der Waals surface area (Å²) in [6, 6.07) is 22.0. The molecule has 5 rings (SSSR count). The Morgan fingerprint density at radius 3 is 2.57 bits per heavy atom. The minimum Gasteiger partial charge on any atom is -0.497 e. The summed E-state index contributed by atoms with van der Waals surface area (Å²) in [4.78, 5) is 6.85. The molecular weight excluding hydrogens is 476 g/mol. The number of benzene rings is 2. The molecule has 3 heterocycles. The standard InChI is InChI=1S/C28H27ClN4OS/c1-17-11-12-20(29)15-25(17)32-18(2)14-23(19(32)3)27-26(24-10-5-6-13-30-24)31-28(35)33(27)21-8-7-9-22(16-21)34-4/h5-16,26-27H,1-4H3,(H,31,35)/t26-,27+/m1/s1. The third-order valence-electron chi connectivity index (χ3n) is 6.63. The molecule has 0 radical (unpaired) electrons. The SMILES string of the molecule is COc1cccc(N2C(=S)N[C@H](c3ccccn3)[C@@H]2c2cc(C)n(-c3cc(Cl)ccc3C)c2C)c1. The van der Waals surface area contributed by atoms with Gasteiger partial charge in [-0.1, -0.05) is 29.8 Å². The average molecular weight is 503 g/mol. The molecule has 2 aromatic carbocycles. The number of methoxy groups -OCH3 is 1. The van der Waals surface area contributed by atoms with E-state index in [4.69, 9.17) is 28.6 Å². The first-order valence-electron chi connectivity index (χ1n) is 11.5. The third-order valence-corrected chi connectivity index (χ3v) is 7.18. The highest BCUT2D eigenvalue weighted by atomic mass is 35.5. The summed E-state index contributed by atoms with van der Waals surface area (Å²) in [5, 5.41) is 4.92. The number of nitrogens with one attached hydrogen (secondary N) is 1. The van der Waals surface area contributed by atoms with Gasteiger partial charge in [-0.3, -0.25) is 4.98 Å². The fraction of sp³-hybridized carbons (Fsp3) is 0.214. The number of anilines is 1. The van der Waals surface area contributed by atoms with Crippen molar-refractivity contribution in [1.82, 2.24) is 14.9 Å². The Labute approximate surface area is 216 Å². The van der Waals surface area contributed by atoms with E-state index in [1.165, 1.54) is 5.56 Å². The first-order chi connectivity index (χ1) is 16.9. The van der Waals surface area contributed by atoms with Crippen LogP contribution in [-0.2, 0) is 0 Å². The zero-order valence-corrected chi connectivity index (χ0v) is 21.7. The summed E-state index contributed by atoms with van der Waals surface area (Å²) in [5.41, 5.74) is 7.59. The molecule has 178 valence electrons. The van der Waals surface area contributed by atoms with Crippen LogP contribution in [0.1, 0.15) is 40.3 Å². The second-order valence-electron chi connectivity index (χ2n) is 8.79. The number of rotatable bonds is 5. The van der Waals surface area contributed by atoms with Crippen molar-refractivity contribution in [2.24, 2.45) is 0 Å². The Balaban J connectivity index is 1.70. The van der Waals surface area contributed by atoms with Gasteiger partial charge in [0.05, 0.1) is 24.9 Å². The number of pyridine rings is 1. The lowest BCUT2D eigenvalue weighted by Gasteiger charge is -2.28. The van der Waals surface area contributed by atoms with Gasteiger partial charge in [-0.15, -0.1) is 0 Å². The van der Waals surface area contributed by atoms with Gasteiger partial charge in [-0.2, -0.15) is 0 Å². The monoisotopic (exact) mass is 502 g/mol. The van der Waals surface area contributed by atoms with E-state index in [1.54, 1.807) is 7.11 Å². The molecular formula is C28H27ClN4OS. The van der Waals surface area contributed by atoms with Crippen LogP contribution in [-0.4, -0.2) is 21.8 Å². The number of hydrogen-bond acceptors (Lipinski definition) is 3. The molecule has 0 spiro atoms. The van der Waals surface area contributed by atoms with E-state index in [9.17, 15) is 0 Å². The molecule has 2 atom stereocenters. The fourth-order valence-corrected chi connectivity index (χ4v) is 5.50. The smallest absolute Gasteiger partial charge is 0.174 e. The van der Waals surface area contributed by atoms with Gasteiger partial charge in [0.15, 0.2) is 5.11 Å². The zero-order chi connectivity index (χ0) is 24.7. The highest BCUT2D eigenvalue weighted by Gasteiger charge is 2.42. The summed E-state index contributed by atoms with van der Waals surface area (Å²) >= 11 is 12.3. The Morgan fingerprint density at radius 1 is 1.00 bits per heavy atom. The molecule has 0 aliphatic carbocycles. The second-order valence-corrected chi connectivity index (χ2v) is 9.61. The van der Waals surface area contributed by atoms with E-state index < -0.39 is 0 Å². The number of thiocarbonyl (C=S) groups is 1. The molecule has 2 aromatic heterocycles. The van der Waals surface area contributed by atoms with Gasteiger partial charge in [-0.05, 0) is 86.6 Å². The van der Waals surface area contributed by atoms with Gasteiger partial charge < -0.3 is 19.5 Å². The maximum absolute atomic E-state index is 6.39. The average Bonchev–Trinajstić information content (AvgIpc) is 3.36. The summed E-state index contributed by atoms with van der Waals surface area (Å²) < 4.78 is 7.79. The molecule has 1 fully saturated rings. The van der Waals surface area contributed by atoms with E-state index in [-0.39, 0.29) is 12.1 Å². The molecule has 1 aliphatic rings. The number of halogens is 1. The van der Waals surface area contributed by atoms with Crippen molar-refractivity contribution in [1.29, 1.82) is 0 Å². The lowest BCUT2D eigenvalue weighted by atomic mass is 9.96.